The predicted molar refractivity (Wildman–Crippen MR) is 63.3 cm³/mol. The van der Waals surface area contributed by atoms with Crippen LogP contribution in [-0.2, 0) is 11.3 Å². The molecule has 1 aliphatic heterocycles. The van der Waals surface area contributed by atoms with E-state index in [0.29, 0.717) is 17.2 Å². The topological polar surface area (TPSA) is 33.2 Å². The number of aromatic nitrogens is 1. The fraction of sp³-hybridized carbons (Fsp3) is 0.500. The lowest BCUT2D eigenvalue weighted by atomic mass is 9.98. The van der Waals surface area contributed by atoms with Gasteiger partial charge in [0.05, 0.1) is 5.02 Å². The van der Waals surface area contributed by atoms with E-state index in [2.05, 4.69) is 9.88 Å². The second-order valence-electron chi connectivity index (χ2n) is 4.32. The Kier molecular flexibility index (Phi) is 3.56. The third kappa shape index (κ3) is 2.60. The molecule has 0 aliphatic carbocycles. The molecule has 1 fully saturated rings. The standard InChI is InChI=1S/C12H15ClN2O/c1-9-7-15(5-3-12(9)16)8-10-2-4-14-6-11(10)13/h2,4,6,9H,3,5,7-8H2,1H3. The highest BCUT2D eigenvalue weighted by Gasteiger charge is 2.23. The number of hydrogen-bond donors (Lipinski definition) is 0. The summed E-state index contributed by atoms with van der Waals surface area (Å²) >= 11 is 6.05. The van der Waals surface area contributed by atoms with Gasteiger partial charge in [-0.2, -0.15) is 0 Å². The van der Waals surface area contributed by atoms with Crippen LogP contribution in [0.25, 0.3) is 0 Å². The molecule has 0 spiro atoms. The van der Waals surface area contributed by atoms with E-state index in [9.17, 15) is 4.79 Å². The molecule has 1 saturated heterocycles. The van der Waals surface area contributed by atoms with Crippen molar-refractivity contribution in [3.8, 4) is 0 Å². The Balaban J connectivity index is 2.01. The Hall–Kier alpha value is -0.930. The molecule has 1 aliphatic rings. The summed E-state index contributed by atoms with van der Waals surface area (Å²) < 4.78 is 0. The molecule has 86 valence electrons. The van der Waals surface area contributed by atoms with E-state index in [-0.39, 0.29) is 5.92 Å². The van der Waals surface area contributed by atoms with Gasteiger partial charge in [-0.3, -0.25) is 14.7 Å². The number of ketones is 1. The van der Waals surface area contributed by atoms with Crippen molar-refractivity contribution in [2.45, 2.75) is 19.9 Å². The summed E-state index contributed by atoms with van der Waals surface area (Å²) in [6.07, 6.45) is 4.07. The molecule has 1 aromatic rings. The number of piperidine rings is 1. The number of Topliss-reactive ketones (excluding diaryl/α,β-unsaturated/α-hetero) is 1. The molecule has 2 heterocycles. The summed E-state index contributed by atoms with van der Waals surface area (Å²) in [6.45, 7) is 4.46. The fourth-order valence-electron chi connectivity index (χ4n) is 2.01. The van der Waals surface area contributed by atoms with Crippen LogP contribution in [0.1, 0.15) is 18.9 Å². The highest BCUT2D eigenvalue weighted by molar-refractivity contribution is 6.31. The van der Waals surface area contributed by atoms with Crippen molar-refractivity contribution in [2.75, 3.05) is 13.1 Å². The van der Waals surface area contributed by atoms with Crippen molar-refractivity contribution in [1.82, 2.24) is 9.88 Å². The number of hydrogen-bond acceptors (Lipinski definition) is 3. The zero-order valence-electron chi connectivity index (χ0n) is 9.32. The largest absolute Gasteiger partial charge is 0.299 e. The Labute approximate surface area is 100 Å². The van der Waals surface area contributed by atoms with Gasteiger partial charge >= 0.3 is 0 Å². The monoisotopic (exact) mass is 238 g/mol. The van der Waals surface area contributed by atoms with Crippen molar-refractivity contribution in [3.63, 3.8) is 0 Å². The maximum absolute atomic E-state index is 11.4. The molecule has 4 heteroatoms. The number of likely N-dealkylation sites (tertiary alicyclic amines) is 1. The van der Waals surface area contributed by atoms with Crippen LogP contribution >= 0.6 is 11.6 Å². The van der Waals surface area contributed by atoms with Crippen LogP contribution in [0.3, 0.4) is 0 Å². The van der Waals surface area contributed by atoms with E-state index >= 15 is 0 Å². The number of halogens is 1. The number of nitrogens with zero attached hydrogens (tertiary/aromatic N) is 2. The lowest BCUT2D eigenvalue weighted by Crippen LogP contribution is -2.39. The number of carbonyl (C=O) groups is 1. The summed E-state index contributed by atoms with van der Waals surface area (Å²) in [4.78, 5) is 17.6. The van der Waals surface area contributed by atoms with Gasteiger partial charge < -0.3 is 0 Å². The molecule has 16 heavy (non-hydrogen) atoms. The molecular weight excluding hydrogens is 224 g/mol. The summed E-state index contributed by atoms with van der Waals surface area (Å²) in [5.74, 6) is 0.520. The molecule has 1 aromatic heterocycles. The van der Waals surface area contributed by atoms with Crippen LogP contribution in [0.4, 0.5) is 0 Å². The van der Waals surface area contributed by atoms with Gasteiger partial charge in [0.25, 0.3) is 0 Å². The molecule has 0 aromatic carbocycles. The lowest BCUT2D eigenvalue weighted by Gasteiger charge is -2.30. The van der Waals surface area contributed by atoms with Crippen molar-refractivity contribution >= 4 is 17.4 Å². The van der Waals surface area contributed by atoms with Gasteiger partial charge in [-0.05, 0) is 11.6 Å². The van der Waals surface area contributed by atoms with E-state index in [1.165, 1.54) is 0 Å². The molecule has 3 nitrogen and oxygen atoms in total. The molecule has 0 bridgehead atoms. The number of pyridine rings is 1. The van der Waals surface area contributed by atoms with Crippen LogP contribution in [0.2, 0.25) is 5.02 Å². The van der Waals surface area contributed by atoms with E-state index in [1.54, 1.807) is 12.4 Å². The van der Waals surface area contributed by atoms with Gasteiger partial charge in [0.2, 0.25) is 0 Å². The summed E-state index contributed by atoms with van der Waals surface area (Å²) in [5.41, 5.74) is 1.08. The van der Waals surface area contributed by atoms with Crippen molar-refractivity contribution < 1.29 is 4.79 Å². The van der Waals surface area contributed by atoms with Gasteiger partial charge in [0.15, 0.2) is 0 Å². The average molecular weight is 239 g/mol. The first kappa shape index (κ1) is 11.6. The van der Waals surface area contributed by atoms with Gasteiger partial charge in [-0.15, -0.1) is 0 Å². The van der Waals surface area contributed by atoms with Crippen molar-refractivity contribution in [3.05, 3.63) is 29.0 Å². The first-order chi connectivity index (χ1) is 7.66. The number of carbonyl (C=O) groups excluding carboxylic acids is 1. The van der Waals surface area contributed by atoms with Gasteiger partial charge in [-0.25, -0.2) is 0 Å². The smallest absolute Gasteiger partial charge is 0.138 e. The average Bonchev–Trinajstić information content (AvgIpc) is 2.27. The summed E-state index contributed by atoms with van der Waals surface area (Å²) in [6, 6.07) is 1.93. The second kappa shape index (κ2) is 4.93. The van der Waals surface area contributed by atoms with Crippen molar-refractivity contribution in [2.24, 2.45) is 5.92 Å². The quantitative estimate of drug-likeness (QED) is 0.792. The van der Waals surface area contributed by atoms with E-state index < -0.39 is 0 Å². The van der Waals surface area contributed by atoms with Gasteiger partial charge in [0.1, 0.15) is 5.78 Å². The van der Waals surface area contributed by atoms with E-state index in [0.717, 1.165) is 25.2 Å². The zero-order valence-corrected chi connectivity index (χ0v) is 10.1. The lowest BCUT2D eigenvalue weighted by molar-refractivity contribution is -0.125. The maximum atomic E-state index is 11.4. The summed E-state index contributed by atoms with van der Waals surface area (Å²) in [7, 11) is 0. The van der Waals surface area contributed by atoms with Crippen LogP contribution < -0.4 is 0 Å². The first-order valence-electron chi connectivity index (χ1n) is 5.50. The second-order valence-corrected chi connectivity index (χ2v) is 4.73. The number of rotatable bonds is 2. The van der Waals surface area contributed by atoms with Crippen molar-refractivity contribution in [1.29, 1.82) is 0 Å². The molecule has 0 amide bonds. The minimum Gasteiger partial charge on any atom is -0.299 e. The fourth-order valence-corrected chi connectivity index (χ4v) is 2.19. The van der Waals surface area contributed by atoms with Crippen LogP contribution in [0.5, 0.6) is 0 Å². The van der Waals surface area contributed by atoms with Gasteiger partial charge in [-0.1, -0.05) is 18.5 Å². The SMILES string of the molecule is CC1CN(Cc2ccncc2Cl)CCC1=O. The Morgan fingerprint density at radius 1 is 1.62 bits per heavy atom. The van der Waals surface area contributed by atoms with Gasteiger partial charge in [0, 0.05) is 44.4 Å². The van der Waals surface area contributed by atoms with Crippen LogP contribution in [0, 0.1) is 5.92 Å². The van der Waals surface area contributed by atoms with Crippen LogP contribution in [-0.4, -0.2) is 28.8 Å². The minimum atomic E-state index is 0.148. The zero-order chi connectivity index (χ0) is 11.5. The summed E-state index contributed by atoms with van der Waals surface area (Å²) in [5, 5.41) is 0.701. The predicted octanol–water partition coefficient (Wildman–Crippen LogP) is 2.15. The molecule has 2 rings (SSSR count). The highest BCUT2D eigenvalue weighted by atomic mass is 35.5. The van der Waals surface area contributed by atoms with E-state index in [1.807, 2.05) is 13.0 Å². The molecule has 0 saturated carbocycles. The molecule has 1 atom stereocenters. The molecular formula is C12H15ClN2O. The molecule has 1 unspecified atom stereocenters. The molecule has 0 N–H and O–H groups in total. The molecule has 0 radical (unpaired) electrons. The first-order valence-corrected chi connectivity index (χ1v) is 5.88. The minimum absolute atomic E-state index is 0.148. The normalized spacial score (nSPS) is 22.4. The maximum Gasteiger partial charge on any atom is 0.138 e. The Morgan fingerprint density at radius 2 is 2.44 bits per heavy atom. The Morgan fingerprint density at radius 3 is 3.12 bits per heavy atom. The van der Waals surface area contributed by atoms with E-state index in [4.69, 9.17) is 11.6 Å². The third-order valence-corrected chi connectivity index (χ3v) is 3.35. The van der Waals surface area contributed by atoms with Crippen LogP contribution in [0.15, 0.2) is 18.5 Å². The Bertz CT molecular complexity index is 394. The third-order valence-electron chi connectivity index (χ3n) is 3.01. The highest BCUT2D eigenvalue weighted by Crippen LogP contribution is 2.19.